The van der Waals surface area contributed by atoms with Gasteiger partial charge in [-0.1, -0.05) is 18.3 Å². The highest BCUT2D eigenvalue weighted by Crippen LogP contribution is 2.11. The van der Waals surface area contributed by atoms with Crippen LogP contribution in [0.4, 0.5) is 9.93 Å². The second-order valence-corrected chi connectivity index (χ2v) is 4.15. The summed E-state index contributed by atoms with van der Waals surface area (Å²) in [6.07, 6.45) is 0.284. The van der Waals surface area contributed by atoms with E-state index in [-0.39, 0.29) is 6.42 Å². The minimum Gasteiger partial charge on any atom is -0.480 e. The third kappa shape index (κ3) is 2.89. The van der Waals surface area contributed by atoms with E-state index in [2.05, 4.69) is 20.8 Å². The number of hydrogen-bond donors (Lipinski definition) is 3. The van der Waals surface area contributed by atoms with Crippen LogP contribution in [-0.2, 0) is 4.79 Å². The first kappa shape index (κ1) is 12.4. The number of rotatable bonds is 4. The zero-order valence-corrected chi connectivity index (χ0v) is 9.67. The Balaban J connectivity index is 2.60. The predicted molar refractivity (Wildman–Crippen MR) is 58.4 cm³/mol. The van der Waals surface area contributed by atoms with E-state index < -0.39 is 17.5 Å². The quantitative estimate of drug-likeness (QED) is 0.730. The lowest BCUT2D eigenvalue weighted by Crippen LogP contribution is -2.53. The SMILES string of the molecule is CCC(C)(NC(=O)Nc1nncs1)C(=O)O. The number of anilines is 1. The lowest BCUT2D eigenvalue weighted by atomic mass is 10.00. The normalized spacial score (nSPS) is 13.9. The van der Waals surface area contributed by atoms with E-state index >= 15 is 0 Å². The topological polar surface area (TPSA) is 104 Å². The summed E-state index contributed by atoms with van der Waals surface area (Å²) in [5.74, 6) is -1.08. The number of carboxylic acids is 1. The number of carboxylic acid groups (broad SMARTS) is 1. The van der Waals surface area contributed by atoms with E-state index in [0.717, 1.165) is 11.3 Å². The fourth-order valence-electron chi connectivity index (χ4n) is 0.900. The van der Waals surface area contributed by atoms with Crippen molar-refractivity contribution >= 4 is 28.5 Å². The number of hydrogen-bond acceptors (Lipinski definition) is 5. The van der Waals surface area contributed by atoms with Crippen molar-refractivity contribution in [3.8, 4) is 0 Å². The first-order valence-electron chi connectivity index (χ1n) is 4.56. The van der Waals surface area contributed by atoms with E-state index in [1.165, 1.54) is 12.4 Å². The molecule has 0 aliphatic carbocycles. The minimum absolute atomic E-state index is 0.284. The van der Waals surface area contributed by atoms with Crippen LogP contribution in [0, 0.1) is 0 Å². The number of aliphatic carboxylic acids is 1. The third-order valence-corrected chi connectivity index (χ3v) is 2.76. The zero-order valence-electron chi connectivity index (χ0n) is 8.85. The molecular weight excluding hydrogens is 232 g/mol. The van der Waals surface area contributed by atoms with Gasteiger partial charge in [-0.25, -0.2) is 9.59 Å². The van der Waals surface area contributed by atoms with E-state index in [9.17, 15) is 9.59 Å². The van der Waals surface area contributed by atoms with Crippen LogP contribution >= 0.6 is 11.3 Å². The number of urea groups is 1. The molecule has 3 N–H and O–H groups in total. The van der Waals surface area contributed by atoms with Gasteiger partial charge in [0.2, 0.25) is 5.13 Å². The molecule has 1 rings (SSSR count). The summed E-state index contributed by atoms with van der Waals surface area (Å²) < 4.78 is 0. The van der Waals surface area contributed by atoms with E-state index in [4.69, 9.17) is 5.11 Å². The predicted octanol–water partition coefficient (Wildman–Crippen LogP) is 0.913. The first-order valence-corrected chi connectivity index (χ1v) is 5.44. The molecule has 1 aromatic rings. The van der Waals surface area contributed by atoms with Crippen molar-refractivity contribution in [1.29, 1.82) is 0 Å². The maximum atomic E-state index is 11.4. The van der Waals surface area contributed by atoms with E-state index in [0.29, 0.717) is 5.13 Å². The first-order chi connectivity index (χ1) is 7.48. The summed E-state index contributed by atoms with van der Waals surface area (Å²) in [5, 5.41) is 21.2. The van der Waals surface area contributed by atoms with Crippen molar-refractivity contribution in [2.75, 3.05) is 5.32 Å². The van der Waals surface area contributed by atoms with Crippen LogP contribution in [0.25, 0.3) is 0 Å². The molecule has 1 unspecified atom stereocenters. The molecule has 1 aromatic heterocycles. The molecule has 16 heavy (non-hydrogen) atoms. The monoisotopic (exact) mass is 244 g/mol. The number of aromatic nitrogens is 2. The van der Waals surface area contributed by atoms with Gasteiger partial charge >= 0.3 is 12.0 Å². The highest BCUT2D eigenvalue weighted by Gasteiger charge is 2.32. The summed E-state index contributed by atoms with van der Waals surface area (Å²) in [7, 11) is 0. The zero-order chi connectivity index (χ0) is 12.2. The Morgan fingerprint density at radius 3 is 2.75 bits per heavy atom. The molecule has 0 radical (unpaired) electrons. The van der Waals surface area contributed by atoms with Crippen molar-refractivity contribution in [3.05, 3.63) is 5.51 Å². The Morgan fingerprint density at radius 2 is 2.31 bits per heavy atom. The standard InChI is InChI=1S/C8H12N4O3S/c1-3-8(2,5(13)14)11-6(15)10-7-12-9-4-16-7/h4H,3H2,1-2H3,(H,13,14)(H2,10,11,12,15). The number of carbonyl (C=O) groups excluding carboxylic acids is 1. The van der Waals surface area contributed by atoms with Gasteiger partial charge in [0, 0.05) is 0 Å². The van der Waals surface area contributed by atoms with Crippen LogP contribution in [0.15, 0.2) is 5.51 Å². The maximum Gasteiger partial charge on any atom is 0.329 e. The Bertz CT molecular complexity index is 381. The second-order valence-electron chi connectivity index (χ2n) is 3.31. The Kier molecular flexibility index (Phi) is 3.78. The van der Waals surface area contributed by atoms with Gasteiger partial charge in [0.1, 0.15) is 11.0 Å². The number of nitrogens with one attached hydrogen (secondary N) is 2. The number of carbonyl (C=O) groups is 2. The maximum absolute atomic E-state index is 11.4. The fraction of sp³-hybridized carbons (Fsp3) is 0.500. The van der Waals surface area contributed by atoms with Gasteiger partial charge in [-0.05, 0) is 13.3 Å². The number of nitrogens with zero attached hydrogens (tertiary/aromatic N) is 2. The molecule has 0 saturated carbocycles. The third-order valence-electron chi connectivity index (χ3n) is 2.15. The van der Waals surface area contributed by atoms with E-state index in [1.54, 1.807) is 6.92 Å². The van der Waals surface area contributed by atoms with Crippen LogP contribution in [-0.4, -0.2) is 32.8 Å². The highest BCUT2D eigenvalue weighted by atomic mass is 32.1. The molecule has 88 valence electrons. The molecule has 0 aliphatic heterocycles. The summed E-state index contributed by atoms with van der Waals surface area (Å²) >= 11 is 1.15. The van der Waals surface area contributed by atoms with Crippen LogP contribution in [0.1, 0.15) is 20.3 Å². The Morgan fingerprint density at radius 1 is 1.62 bits per heavy atom. The van der Waals surface area contributed by atoms with Crippen molar-refractivity contribution in [2.45, 2.75) is 25.8 Å². The highest BCUT2D eigenvalue weighted by molar-refractivity contribution is 7.13. The van der Waals surface area contributed by atoms with Crippen molar-refractivity contribution in [2.24, 2.45) is 0 Å². The van der Waals surface area contributed by atoms with Gasteiger partial charge < -0.3 is 10.4 Å². The lowest BCUT2D eigenvalue weighted by Gasteiger charge is -2.24. The molecule has 0 aliphatic rings. The van der Waals surface area contributed by atoms with E-state index in [1.807, 2.05) is 0 Å². The second kappa shape index (κ2) is 4.88. The molecule has 1 heterocycles. The molecule has 8 heteroatoms. The van der Waals surface area contributed by atoms with Gasteiger partial charge in [0.05, 0.1) is 0 Å². The van der Waals surface area contributed by atoms with Crippen molar-refractivity contribution < 1.29 is 14.7 Å². The van der Waals surface area contributed by atoms with Gasteiger partial charge in [0.25, 0.3) is 0 Å². The van der Waals surface area contributed by atoms with Crippen LogP contribution in [0.3, 0.4) is 0 Å². The van der Waals surface area contributed by atoms with Gasteiger partial charge in [0.15, 0.2) is 0 Å². The molecule has 0 bridgehead atoms. The molecular formula is C8H12N4O3S. The van der Waals surface area contributed by atoms with Crippen LogP contribution < -0.4 is 10.6 Å². The summed E-state index contributed by atoms with van der Waals surface area (Å²) in [6, 6.07) is -0.608. The summed E-state index contributed by atoms with van der Waals surface area (Å²) in [5.41, 5.74) is 0.181. The molecule has 0 fully saturated rings. The molecule has 7 nitrogen and oxygen atoms in total. The summed E-state index contributed by atoms with van der Waals surface area (Å²) in [4.78, 5) is 22.4. The molecule has 2 amide bonds. The number of amides is 2. The van der Waals surface area contributed by atoms with Crippen LogP contribution in [0.2, 0.25) is 0 Å². The average molecular weight is 244 g/mol. The Hall–Kier alpha value is -1.70. The van der Waals surface area contributed by atoms with Gasteiger partial charge in [-0.15, -0.1) is 10.2 Å². The van der Waals surface area contributed by atoms with Crippen LogP contribution in [0.5, 0.6) is 0 Å². The minimum atomic E-state index is -1.28. The molecule has 0 spiro atoms. The smallest absolute Gasteiger partial charge is 0.329 e. The molecule has 0 aromatic carbocycles. The van der Waals surface area contributed by atoms with Crippen molar-refractivity contribution in [1.82, 2.24) is 15.5 Å². The molecule has 0 saturated heterocycles. The van der Waals surface area contributed by atoms with Gasteiger partial charge in [-0.2, -0.15) is 0 Å². The molecule has 1 atom stereocenters. The largest absolute Gasteiger partial charge is 0.480 e. The van der Waals surface area contributed by atoms with Crippen molar-refractivity contribution in [3.63, 3.8) is 0 Å². The summed E-state index contributed by atoms with van der Waals surface area (Å²) in [6.45, 7) is 3.12. The lowest BCUT2D eigenvalue weighted by molar-refractivity contribution is -0.143. The van der Waals surface area contributed by atoms with Gasteiger partial charge in [-0.3, -0.25) is 5.32 Å². The Labute approximate surface area is 95.9 Å². The fourth-order valence-corrected chi connectivity index (χ4v) is 1.34. The average Bonchev–Trinajstić information content (AvgIpc) is 2.69.